The molecule has 0 radical (unpaired) electrons. The first kappa shape index (κ1) is 11.7. The van der Waals surface area contributed by atoms with E-state index in [9.17, 15) is 4.39 Å². The van der Waals surface area contributed by atoms with Crippen LogP contribution in [0.25, 0.3) is 0 Å². The fourth-order valence-corrected chi connectivity index (χ4v) is 2.23. The van der Waals surface area contributed by atoms with Crippen LogP contribution < -0.4 is 5.73 Å². The van der Waals surface area contributed by atoms with Crippen LogP contribution in [0.5, 0.6) is 0 Å². The first-order valence-electron chi connectivity index (χ1n) is 5.03. The minimum atomic E-state index is -0.240. The summed E-state index contributed by atoms with van der Waals surface area (Å²) in [5.41, 5.74) is 6.05. The maximum Gasteiger partial charge on any atom is 0.124 e. The molecule has 0 fully saturated rings. The monoisotopic (exact) mass is 246 g/mol. The highest BCUT2D eigenvalue weighted by Crippen LogP contribution is 2.27. The van der Waals surface area contributed by atoms with Crippen molar-refractivity contribution in [1.29, 1.82) is 5.41 Å². The number of amidine groups is 1. The largest absolute Gasteiger partial charge is 0.384 e. The second kappa shape index (κ2) is 5.01. The standard InChI is InChI=1S/C13H11FN2S/c14-10-2-1-3-12(8-10)17-11-6-4-9(5-7-11)13(15)16/h1-8H,(H3,15,16). The van der Waals surface area contributed by atoms with Crippen molar-refractivity contribution in [3.8, 4) is 0 Å². The third-order valence-corrected chi connectivity index (χ3v) is 3.19. The fourth-order valence-electron chi connectivity index (χ4n) is 1.37. The number of benzene rings is 2. The maximum absolute atomic E-state index is 13.0. The van der Waals surface area contributed by atoms with Crippen molar-refractivity contribution >= 4 is 17.6 Å². The van der Waals surface area contributed by atoms with Crippen molar-refractivity contribution in [3.05, 3.63) is 59.9 Å². The van der Waals surface area contributed by atoms with Gasteiger partial charge < -0.3 is 5.73 Å². The molecule has 0 unspecified atom stereocenters. The molecule has 0 aliphatic carbocycles. The SMILES string of the molecule is N=C(N)c1ccc(Sc2cccc(F)c2)cc1. The van der Waals surface area contributed by atoms with Gasteiger partial charge in [-0.1, -0.05) is 30.0 Å². The van der Waals surface area contributed by atoms with Gasteiger partial charge in [0, 0.05) is 15.4 Å². The normalized spacial score (nSPS) is 10.2. The third kappa shape index (κ3) is 3.07. The van der Waals surface area contributed by atoms with Crippen LogP contribution in [0.1, 0.15) is 5.56 Å². The summed E-state index contributed by atoms with van der Waals surface area (Å²) in [5, 5.41) is 7.28. The van der Waals surface area contributed by atoms with E-state index in [4.69, 9.17) is 11.1 Å². The summed E-state index contributed by atoms with van der Waals surface area (Å²) in [4.78, 5) is 1.83. The zero-order valence-corrected chi connectivity index (χ0v) is 9.80. The van der Waals surface area contributed by atoms with Crippen molar-refractivity contribution in [2.75, 3.05) is 0 Å². The smallest absolute Gasteiger partial charge is 0.124 e. The Hall–Kier alpha value is -1.81. The average molecular weight is 246 g/mol. The van der Waals surface area contributed by atoms with Crippen molar-refractivity contribution in [3.63, 3.8) is 0 Å². The zero-order chi connectivity index (χ0) is 12.3. The molecule has 86 valence electrons. The van der Waals surface area contributed by atoms with Crippen LogP contribution in [0.2, 0.25) is 0 Å². The van der Waals surface area contributed by atoms with E-state index in [1.54, 1.807) is 18.2 Å². The molecule has 4 heteroatoms. The molecule has 0 aromatic heterocycles. The Morgan fingerprint density at radius 3 is 2.35 bits per heavy atom. The lowest BCUT2D eigenvalue weighted by Gasteiger charge is -2.03. The van der Waals surface area contributed by atoms with Gasteiger partial charge in [-0.25, -0.2) is 4.39 Å². The third-order valence-electron chi connectivity index (χ3n) is 2.20. The van der Waals surface area contributed by atoms with E-state index in [-0.39, 0.29) is 11.7 Å². The Labute approximate surface area is 103 Å². The molecule has 0 bridgehead atoms. The summed E-state index contributed by atoms with van der Waals surface area (Å²) >= 11 is 1.47. The Morgan fingerprint density at radius 1 is 1.06 bits per heavy atom. The van der Waals surface area contributed by atoms with E-state index in [1.165, 1.54) is 23.9 Å². The second-order valence-corrected chi connectivity index (χ2v) is 4.64. The molecule has 2 aromatic rings. The van der Waals surface area contributed by atoms with Crippen LogP contribution in [0.4, 0.5) is 4.39 Å². The Bertz CT molecular complexity index is 537. The van der Waals surface area contributed by atoms with Gasteiger partial charge in [-0.15, -0.1) is 0 Å². The first-order valence-corrected chi connectivity index (χ1v) is 5.85. The van der Waals surface area contributed by atoms with Gasteiger partial charge >= 0.3 is 0 Å². The van der Waals surface area contributed by atoms with Crippen LogP contribution >= 0.6 is 11.8 Å². The number of nitrogens with two attached hydrogens (primary N) is 1. The van der Waals surface area contributed by atoms with Crippen molar-refractivity contribution in [2.24, 2.45) is 5.73 Å². The first-order chi connectivity index (χ1) is 8.15. The highest BCUT2D eigenvalue weighted by Gasteiger charge is 2.00. The van der Waals surface area contributed by atoms with E-state index in [0.717, 1.165) is 9.79 Å². The predicted octanol–water partition coefficient (Wildman–Crippen LogP) is 3.26. The number of nitrogens with one attached hydrogen (secondary N) is 1. The Balaban J connectivity index is 2.16. The number of halogens is 1. The Kier molecular flexibility index (Phi) is 3.44. The molecule has 0 aliphatic rings. The van der Waals surface area contributed by atoms with E-state index >= 15 is 0 Å². The molecule has 3 N–H and O–H groups in total. The van der Waals surface area contributed by atoms with Gasteiger partial charge in [0.1, 0.15) is 11.7 Å². The molecular formula is C13H11FN2S. The molecule has 0 aliphatic heterocycles. The fraction of sp³-hybridized carbons (Fsp3) is 0. The lowest BCUT2D eigenvalue weighted by atomic mass is 10.2. The van der Waals surface area contributed by atoms with Crippen LogP contribution in [0.15, 0.2) is 58.3 Å². The highest BCUT2D eigenvalue weighted by molar-refractivity contribution is 7.99. The van der Waals surface area contributed by atoms with E-state index < -0.39 is 0 Å². The minimum Gasteiger partial charge on any atom is -0.384 e. The summed E-state index contributed by atoms with van der Waals surface area (Å²) in [6, 6.07) is 13.7. The lowest BCUT2D eigenvalue weighted by Crippen LogP contribution is -2.10. The molecule has 0 heterocycles. The summed E-state index contributed by atoms with van der Waals surface area (Å²) in [6.07, 6.45) is 0. The van der Waals surface area contributed by atoms with Crippen molar-refractivity contribution in [1.82, 2.24) is 0 Å². The van der Waals surface area contributed by atoms with Gasteiger partial charge in [0.15, 0.2) is 0 Å². The zero-order valence-electron chi connectivity index (χ0n) is 8.98. The van der Waals surface area contributed by atoms with Crippen LogP contribution in [-0.4, -0.2) is 5.84 Å². The second-order valence-electron chi connectivity index (χ2n) is 3.50. The molecule has 0 atom stereocenters. The average Bonchev–Trinajstić information content (AvgIpc) is 2.29. The van der Waals surface area contributed by atoms with E-state index in [2.05, 4.69) is 0 Å². The molecule has 2 aromatic carbocycles. The molecule has 0 saturated carbocycles. The van der Waals surface area contributed by atoms with Crippen LogP contribution in [-0.2, 0) is 0 Å². The number of hydrogen-bond acceptors (Lipinski definition) is 2. The van der Waals surface area contributed by atoms with Crippen LogP contribution in [0.3, 0.4) is 0 Å². The molecule has 17 heavy (non-hydrogen) atoms. The van der Waals surface area contributed by atoms with E-state index in [0.29, 0.717) is 5.56 Å². The quantitative estimate of drug-likeness (QED) is 0.645. The minimum absolute atomic E-state index is 0.0484. The molecule has 0 saturated heterocycles. The van der Waals surface area contributed by atoms with Crippen molar-refractivity contribution < 1.29 is 4.39 Å². The van der Waals surface area contributed by atoms with Crippen LogP contribution in [0, 0.1) is 11.2 Å². The van der Waals surface area contributed by atoms with Gasteiger partial charge in [-0.2, -0.15) is 0 Å². The lowest BCUT2D eigenvalue weighted by molar-refractivity contribution is 0.624. The topological polar surface area (TPSA) is 49.9 Å². The number of nitrogen functional groups attached to an aromatic ring is 1. The summed E-state index contributed by atoms with van der Waals surface area (Å²) in [5.74, 6) is -0.192. The molecule has 0 amide bonds. The van der Waals surface area contributed by atoms with Gasteiger partial charge in [0.2, 0.25) is 0 Å². The molecule has 2 nitrogen and oxygen atoms in total. The van der Waals surface area contributed by atoms with Crippen molar-refractivity contribution in [2.45, 2.75) is 9.79 Å². The number of rotatable bonds is 3. The Morgan fingerprint density at radius 2 is 1.76 bits per heavy atom. The predicted molar refractivity (Wildman–Crippen MR) is 68.0 cm³/mol. The summed E-state index contributed by atoms with van der Waals surface area (Å²) in [7, 11) is 0. The van der Waals surface area contributed by atoms with Gasteiger partial charge in [0.25, 0.3) is 0 Å². The molecule has 0 spiro atoms. The van der Waals surface area contributed by atoms with E-state index in [1.807, 2.05) is 18.2 Å². The van der Waals surface area contributed by atoms with Gasteiger partial charge in [-0.05, 0) is 30.3 Å². The molecule has 2 rings (SSSR count). The summed E-state index contributed by atoms with van der Waals surface area (Å²) in [6.45, 7) is 0. The molecular weight excluding hydrogens is 235 g/mol. The number of hydrogen-bond donors (Lipinski definition) is 2. The van der Waals surface area contributed by atoms with Gasteiger partial charge in [-0.3, -0.25) is 5.41 Å². The highest BCUT2D eigenvalue weighted by atomic mass is 32.2. The summed E-state index contributed by atoms with van der Waals surface area (Å²) < 4.78 is 13.0. The van der Waals surface area contributed by atoms with Gasteiger partial charge in [0.05, 0.1) is 0 Å². The maximum atomic E-state index is 13.0.